The molecular formula is C39H56N6O3. The smallest absolute Gasteiger partial charge is 0.306 e. The Morgan fingerprint density at radius 1 is 0.958 bits per heavy atom. The van der Waals surface area contributed by atoms with E-state index in [1.54, 1.807) is 12.4 Å². The minimum atomic E-state index is -0.343. The first-order chi connectivity index (χ1) is 23.6. The first-order valence-electron chi connectivity index (χ1n) is 18.7. The highest BCUT2D eigenvalue weighted by Gasteiger charge is 2.27. The van der Waals surface area contributed by atoms with Crippen molar-refractivity contribution < 1.29 is 14.3 Å². The Balaban J connectivity index is 1.11. The Hall–Kier alpha value is -3.80. The van der Waals surface area contributed by atoms with Gasteiger partial charge in [-0.05, 0) is 56.9 Å². The molecule has 1 aliphatic carbocycles. The normalized spacial score (nSPS) is 14.2. The predicted molar refractivity (Wildman–Crippen MR) is 190 cm³/mol. The fourth-order valence-electron chi connectivity index (χ4n) is 6.87. The molecule has 1 unspecified atom stereocenters. The van der Waals surface area contributed by atoms with Crippen molar-refractivity contribution in [3.8, 4) is 17.3 Å². The number of esters is 1. The number of carbonyl (C=O) groups is 2. The molecule has 0 N–H and O–H groups in total. The first kappa shape index (κ1) is 37.0. The maximum atomic E-state index is 13.1. The molecule has 0 saturated heterocycles. The molecule has 260 valence electrons. The highest BCUT2D eigenvalue weighted by atomic mass is 16.5. The lowest BCUT2D eigenvalue weighted by atomic mass is 9.96. The van der Waals surface area contributed by atoms with Gasteiger partial charge in [0, 0.05) is 29.8 Å². The molecule has 48 heavy (non-hydrogen) atoms. The van der Waals surface area contributed by atoms with Crippen LogP contribution in [0.5, 0.6) is 0 Å². The summed E-state index contributed by atoms with van der Waals surface area (Å²) >= 11 is 0. The molecule has 0 radical (unpaired) electrons. The SMILES string of the molecule is CCCCCCCC/C=C\CCCCCCCCOC(=O)CCC(=O)n1ccc2c(-c3cnn(C(CC#N)C4CCCC4)c3)ncnc21. The molecule has 3 aromatic heterocycles. The summed E-state index contributed by atoms with van der Waals surface area (Å²) in [5.74, 6) is -0.0977. The second-order valence-corrected chi connectivity index (χ2v) is 13.4. The number of unbranched alkanes of at least 4 members (excludes halogenated alkanes) is 12. The van der Waals surface area contributed by atoms with Gasteiger partial charge in [-0.15, -0.1) is 0 Å². The molecule has 1 fully saturated rings. The molecule has 4 rings (SSSR count). The van der Waals surface area contributed by atoms with Crippen molar-refractivity contribution in [3.05, 3.63) is 43.1 Å². The maximum absolute atomic E-state index is 13.1. The molecule has 1 atom stereocenters. The van der Waals surface area contributed by atoms with E-state index in [2.05, 4.69) is 40.2 Å². The lowest BCUT2D eigenvalue weighted by Crippen LogP contribution is -2.17. The number of nitriles is 1. The van der Waals surface area contributed by atoms with E-state index in [9.17, 15) is 14.9 Å². The van der Waals surface area contributed by atoms with Gasteiger partial charge in [-0.1, -0.05) is 89.7 Å². The van der Waals surface area contributed by atoms with Crippen molar-refractivity contribution in [2.24, 2.45) is 5.92 Å². The average Bonchev–Trinajstić information content (AvgIpc) is 3.89. The van der Waals surface area contributed by atoms with Crippen molar-refractivity contribution in [2.75, 3.05) is 6.61 Å². The average molecular weight is 657 g/mol. The van der Waals surface area contributed by atoms with Crippen molar-refractivity contribution in [2.45, 2.75) is 148 Å². The largest absolute Gasteiger partial charge is 0.466 e. The van der Waals surface area contributed by atoms with Crippen molar-refractivity contribution in [1.29, 1.82) is 5.26 Å². The number of fused-ring (bicyclic) bond motifs is 1. The van der Waals surface area contributed by atoms with Gasteiger partial charge in [0.25, 0.3) is 0 Å². The fourth-order valence-corrected chi connectivity index (χ4v) is 6.87. The Kier molecular flexibility index (Phi) is 16.4. The van der Waals surface area contributed by atoms with Gasteiger partial charge in [0.2, 0.25) is 5.91 Å². The third kappa shape index (κ3) is 11.7. The molecule has 9 nitrogen and oxygen atoms in total. The van der Waals surface area contributed by atoms with Gasteiger partial charge < -0.3 is 4.74 Å². The minimum absolute atomic E-state index is 0.0387. The summed E-state index contributed by atoms with van der Waals surface area (Å²) < 4.78 is 8.80. The molecule has 0 amide bonds. The van der Waals surface area contributed by atoms with Gasteiger partial charge in [0.1, 0.15) is 6.33 Å². The van der Waals surface area contributed by atoms with Gasteiger partial charge in [-0.3, -0.25) is 18.8 Å². The monoisotopic (exact) mass is 656 g/mol. The maximum Gasteiger partial charge on any atom is 0.306 e. The summed E-state index contributed by atoms with van der Waals surface area (Å²) in [5, 5.41) is 14.8. The van der Waals surface area contributed by atoms with Crippen LogP contribution in [0.2, 0.25) is 0 Å². The number of ether oxygens (including phenoxy) is 1. The van der Waals surface area contributed by atoms with Crippen LogP contribution in [0.4, 0.5) is 0 Å². The van der Waals surface area contributed by atoms with E-state index in [1.165, 1.54) is 94.4 Å². The molecule has 1 saturated carbocycles. The fraction of sp³-hybridized carbons (Fsp3) is 0.641. The number of rotatable bonds is 23. The summed E-state index contributed by atoms with van der Waals surface area (Å²) in [5.41, 5.74) is 2.01. The zero-order valence-corrected chi connectivity index (χ0v) is 29.2. The molecule has 0 aromatic carbocycles. The number of aromatic nitrogens is 5. The standard InChI is InChI=1S/C39H56N6O3/c1-2-3-4-5-6-7-8-9-10-11-12-13-14-15-16-19-28-48-37(47)23-22-36(46)44-27-25-34-38(41-31-42-39(34)44)33-29-43-45(30-33)35(24-26-40)32-20-17-18-21-32/h9-10,25,27,29-32,35H,2-8,11-24,28H2,1H3/b10-9-. The van der Waals surface area contributed by atoms with Crippen LogP contribution in [0.15, 0.2) is 43.1 Å². The van der Waals surface area contributed by atoms with Gasteiger partial charge >= 0.3 is 5.97 Å². The van der Waals surface area contributed by atoms with Crippen molar-refractivity contribution in [1.82, 2.24) is 24.3 Å². The quantitative estimate of drug-likeness (QED) is 0.0566. The van der Waals surface area contributed by atoms with E-state index >= 15 is 0 Å². The summed E-state index contributed by atoms with van der Waals surface area (Å²) in [6.45, 7) is 2.67. The van der Waals surface area contributed by atoms with Gasteiger partial charge in [-0.25, -0.2) is 9.97 Å². The van der Waals surface area contributed by atoms with Crippen LogP contribution in [0.3, 0.4) is 0 Å². The molecular weight excluding hydrogens is 600 g/mol. The Bertz CT molecular complexity index is 1460. The predicted octanol–water partition coefficient (Wildman–Crippen LogP) is 9.94. The minimum Gasteiger partial charge on any atom is -0.466 e. The molecule has 1 aliphatic rings. The lowest BCUT2D eigenvalue weighted by Gasteiger charge is -2.21. The Morgan fingerprint density at radius 2 is 1.65 bits per heavy atom. The van der Waals surface area contributed by atoms with Crippen LogP contribution in [0.25, 0.3) is 22.3 Å². The molecule has 0 spiro atoms. The van der Waals surface area contributed by atoms with Crippen molar-refractivity contribution in [3.63, 3.8) is 0 Å². The lowest BCUT2D eigenvalue weighted by molar-refractivity contribution is -0.143. The van der Waals surface area contributed by atoms with Crippen LogP contribution < -0.4 is 0 Å². The molecule has 3 heterocycles. The highest BCUT2D eigenvalue weighted by molar-refractivity contribution is 5.97. The summed E-state index contributed by atoms with van der Waals surface area (Å²) in [6, 6.07) is 4.21. The number of allylic oxidation sites excluding steroid dienone is 2. The summed E-state index contributed by atoms with van der Waals surface area (Å²) in [4.78, 5) is 34.3. The zero-order valence-electron chi connectivity index (χ0n) is 29.2. The Morgan fingerprint density at radius 3 is 2.35 bits per heavy atom. The second-order valence-electron chi connectivity index (χ2n) is 13.4. The van der Waals surface area contributed by atoms with E-state index < -0.39 is 0 Å². The number of nitrogens with zero attached hydrogens (tertiary/aromatic N) is 6. The third-order valence-electron chi connectivity index (χ3n) is 9.67. The van der Waals surface area contributed by atoms with Crippen LogP contribution in [0, 0.1) is 17.2 Å². The molecule has 0 bridgehead atoms. The number of hydrogen-bond acceptors (Lipinski definition) is 7. The highest BCUT2D eigenvalue weighted by Crippen LogP contribution is 2.37. The zero-order chi connectivity index (χ0) is 33.8. The van der Waals surface area contributed by atoms with Crippen LogP contribution in [-0.2, 0) is 9.53 Å². The van der Waals surface area contributed by atoms with Crippen LogP contribution in [0.1, 0.15) is 153 Å². The first-order valence-corrected chi connectivity index (χ1v) is 18.7. The summed E-state index contributed by atoms with van der Waals surface area (Å²) in [7, 11) is 0. The third-order valence-corrected chi connectivity index (χ3v) is 9.67. The summed E-state index contributed by atoms with van der Waals surface area (Å²) in [6.07, 6.45) is 34.0. The molecule has 0 aliphatic heterocycles. The van der Waals surface area contributed by atoms with E-state index in [0.717, 1.165) is 43.1 Å². The van der Waals surface area contributed by atoms with E-state index in [-0.39, 0.29) is 30.8 Å². The number of hydrogen-bond donors (Lipinski definition) is 0. The molecule has 9 heteroatoms. The van der Waals surface area contributed by atoms with E-state index in [0.29, 0.717) is 30.3 Å². The van der Waals surface area contributed by atoms with Gasteiger partial charge in [-0.2, -0.15) is 10.4 Å². The van der Waals surface area contributed by atoms with E-state index in [1.807, 2.05) is 16.9 Å². The van der Waals surface area contributed by atoms with Gasteiger partial charge in [0.05, 0.1) is 43.5 Å². The van der Waals surface area contributed by atoms with Crippen LogP contribution >= 0.6 is 0 Å². The Labute approximate surface area is 287 Å². The van der Waals surface area contributed by atoms with Gasteiger partial charge in [0.15, 0.2) is 5.65 Å². The second kappa shape index (κ2) is 21.2. The van der Waals surface area contributed by atoms with Crippen LogP contribution in [-0.4, -0.2) is 42.8 Å². The number of carbonyl (C=O) groups excluding carboxylic acids is 2. The van der Waals surface area contributed by atoms with E-state index in [4.69, 9.17) is 4.74 Å². The van der Waals surface area contributed by atoms with Crippen molar-refractivity contribution >= 4 is 22.9 Å². The topological polar surface area (TPSA) is 116 Å². The molecule has 3 aromatic rings.